The van der Waals surface area contributed by atoms with Crippen LogP contribution in [0.5, 0.6) is 0 Å². The van der Waals surface area contributed by atoms with Crippen LogP contribution in [0.3, 0.4) is 0 Å². The molecule has 3 aromatic heterocycles. The smallest absolute Gasteiger partial charge is 0.293 e. The highest BCUT2D eigenvalue weighted by Crippen LogP contribution is 2.22. The highest BCUT2D eigenvalue weighted by Gasteiger charge is 2.27. The molecule has 1 aliphatic heterocycles. The van der Waals surface area contributed by atoms with Crippen molar-refractivity contribution in [1.82, 2.24) is 28.9 Å². The Balaban J connectivity index is 1.70. The summed E-state index contributed by atoms with van der Waals surface area (Å²) < 4.78 is 9.94. The summed E-state index contributed by atoms with van der Waals surface area (Å²) in [5.74, 6) is 6.51. The van der Waals surface area contributed by atoms with Crippen LogP contribution in [-0.4, -0.2) is 61.7 Å². The van der Waals surface area contributed by atoms with E-state index in [-0.39, 0.29) is 54.4 Å². The molecular weight excluding hydrogens is 496 g/mol. The summed E-state index contributed by atoms with van der Waals surface area (Å²) in [7, 11) is 1.56. The van der Waals surface area contributed by atoms with Crippen molar-refractivity contribution in [3.05, 3.63) is 55.9 Å². The molecule has 204 valence electrons. The van der Waals surface area contributed by atoms with Crippen molar-refractivity contribution in [1.29, 1.82) is 0 Å². The molecule has 0 bridgehead atoms. The fourth-order valence-corrected chi connectivity index (χ4v) is 5.12. The minimum Gasteiger partial charge on any atom is -0.383 e. The maximum absolute atomic E-state index is 14.2. The normalized spacial score (nSPS) is 15.6. The molecule has 1 aromatic carbocycles. The van der Waals surface area contributed by atoms with E-state index < -0.39 is 0 Å². The monoisotopic (exact) mass is 530 g/mol. The van der Waals surface area contributed by atoms with E-state index in [1.165, 1.54) is 9.36 Å². The summed E-state index contributed by atoms with van der Waals surface area (Å²) in [4.78, 5) is 44.1. The van der Waals surface area contributed by atoms with Gasteiger partial charge in [-0.15, -0.1) is 5.92 Å². The Morgan fingerprint density at radius 3 is 2.56 bits per heavy atom. The number of piperidine rings is 1. The summed E-state index contributed by atoms with van der Waals surface area (Å²) in [6.45, 7) is 7.84. The van der Waals surface area contributed by atoms with Gasteiger partial charge in [0.05, 0.1) is 48.7 Å². The molecule has 1 saturated heterocycles. The molecule has 11 heteroatoms. The van der Waals surface area contributed by atoms with Gasteiger partial charge >= 0.3 is 0 Å². The van der Waals surface area contributed by atoms with Crippen LogP contribution in [-0.2, 0) is 24.4 Å². The van der Waals surface area contributed by atoms with E-state index in [0.29, 0.717) is 12.5 Å². The topological polar surface area (TPSA) is 126 Å². The number of anilines is 1. The quantitative estimate of drug-likeness (QED) is 0.357. The van der Waals surface area contributed by atoms with Crippen molar-refractivity contribution in [3.63, 3.8) is 0 Å². The van der Waals surface area contributed by atoms with Gasteiger partial charge in [-0.05, 0) is 51.3 Å². The van der Waals surface area contributed by atoms with E-state index >= 15 is 0 Å². The van der Waals surface area contributed by atoms with Crippen LogP contribution in [0.2, 0.25) is 0 Å². The van der Waals surface area contributed by atoms with Crippen molar-refractivity contribution in [2.45, 2.75) is 59.3 Å². The third-order valence-electron chi connectivity index (χ3n) is 7.25. The van der Waals surface area contributed by atoms with E-state index in [1.54, 1.807) is 18.6 Å². The molecule has 4 heterocycles. The second-order valence-electron chi connectivity index (χ2n) is 9.97. The van der Waals surface area contributed by atoms with Gasteiger partial charge in [-0.25, -0.2) is 24.3 Å². The minimum absolute atomic E-state index is 0.00252. The van der Waals surface area contributed by atoms with Crippen LogP contribution in [0.25, 0.3) is 22.1 Å². The first-order chi connectivity index (χ1) is 18.8. The van der Waals surface area contributed by atoms with Crippen molar-refractivity contribution in [2.75, 3.05) is 31.7 Å². The molecule has 0 radical (unpaired) electrons. The lowest BCUT2D eigenvalue weighted by Gasteiger charge is -2.31. The van der Waals surface area contributed by atoms with E-state index in [0.717, 1.165) is 47.4 Å². The fraction of sp³-hybridized carbons (Fsp3) is 0.464. The van der Waals surface area contributed by atoms with Crippen molar-refractivity contribution >= 4 is 28.0 Å². The summed E-state index contributed by atoms with van der Waals surface area (Å²) in [6.07, 6.45) is 1.84. The Morgan fingerprint density at radius 1 is 1.08 bits per heavy atom. The van der Waals surface area contributed by atoms with E-state index in [1.807, 2.05) is 32.0 Å². The molecule has 0 aliphatic carbocycles. The van der Waals surface area contributed by atoms with E-state index in [9.17, 15) is 9.59 Å². The third-order valence-corrected chi connectivity index (χ3v) is 7.25. The lowest BCUT2D eigenvalue weighted by Crippen LogP contribution is -2.44. The number of ether oxygens (including phenoxy) is 1. The Bertz CT molecular complexity index is 1720. The molecule has 2 N–H and O–H groups in total. The molecule has 39 heavy (non-hydrogen) atoms. The number of aryl methyl sites for hydroxylation is 2. The summed E-state index contributed by atoms with van der Waals surface area (Å²) in [6, 6.07) is 5.72. The average molecular weight is 531 g/mol. The molecule has 4 aromatic rings. The number of fused-ring (bicyclic) bond motifs is 2. The number of imidazole rings is 1. The largest absolute Gasteiger partial charge is 0.383 e. The third kappa shape index (κ3) is 5.05. The van der Waals surface area contributed by atoms with Gasteiger partial charge in [-0.2, -0.15) is 0 Å². The summed E-state index contributed by atoms with van der Waals surface area (Å²) in [5.41, 5.74) is 10.0. The zero-order valence-electron chi connectivity index (χ0n) is 22.9. The number of hydrogen-bond donors (Lipinski definition) is 1. The second kappa shape index (κ2) is 11.0. The number of hydrogen-bond acceptors (Lipinski definition) is 8. The summed E-state index contributed by atoms with van der Waals surface area (Å²) >= 11 is 0. The number of aromatic nitrogens is 6. The molecule has 1 unspecified atom stereocenters. The van der Waals surface area contributed by atoms with Gasteiger partial charge in [0.25, 0.3) is 11.1 Å². The molecule has 1 aliphatic rings. The first kappa shape index (κ1) is 26.6. The number of rotatable bonds is 7. The van der Waals surface area contributed by atoms with Crippen LogP contribution >= 0.6 is 0 Å². The van der Waals surface area contributed by atoms with E-state index in [4.69, 9.17) is 15.5 Å². The van der Waals surface area contributed by atoms with Crippen molar-refractivity contribution < 1.29 is 4.74 Å². The predicted molar refractivity (Wildman–Crippen MR) is 151 cm³/mol. The number of nitrogens with two attached hydrogens (primary N) is 1. The van der Waals surface area contributed by atoms with Crippen LogP contribution < -0.4 is 21.8 Å². The van der Waals surface area contributed by atoms with Crippen LogP contribution in [0.15, 0.2) is 27.8 Å². The van der Waals surface area contributed by atoms with Gasteiger partial charge in [0.15, 0.2) is 5.52 Å². The predicted octanol–water partition coefficient (Wildman–Crippen LogP) is 1.57. The first-order valence-corrected chi connectivity index (χ1v) is 13.2. The van der Waals surface area contributed by atoms with Crippen molar-refractivity contribution in [3.8, 4) is 11.8 Å². The van der Waals surface area contributed by atoms with Crippen LogP contribution in [0.4, 0.5) is 5.95 Å². The highest BCUT2D eigenvalue weighted by molar-refractivity contribution is 5.78. The van der Waals surface area contributed by atoms with Gasteiger partial charge < -0.3 is 15.4 Å². The SMILES string of the molecule is CC#CCn1c(N2CCCC(N)C2)nc2c(=O)n(CCOC)n(Cc3ccc4nc(C)c(C)nc4c3)c(=O)c21. The van der Waals surface area contributed by atoms with Gasteiger partial charge in [-0.3, -0.25) is 14.2 Å². The molecule has 1 fully saturated rings. The molecule has 1 atom stereocenters. The molecule has 5 rings (SSSR count). The van der Waals surface area contributed by atoms with Crippen molar-refractivity contribution in [2.24, 2.45) is 5.73 Å². The van der Waals surface area contributed by atoms with Gasteiger partial charge in [-0.1, -0.05) is 12.0 Å². The number of benzene rings is 1. The number of nitrogens with zero attached hydrogens (tertiary/aromatic N) is 7. The average Bonchev–Trinajstić information content (AvgIpc) is 3.31. The fourth-order valence-electron chi connectivity index (χ4n) is 5.12. The Hall–Kier alpha value is -4.01. The lowest BCUT2D eigenvalue weighted by molar-refractivity contribution is 0.175. The molecule has 0 saturated carbocycles. The molecule has 11 nitrogen and oxygen atoms in total. The number of methoxy groups -OCH3 is 1. The van der Waals surface area contributed by atoms with Gasteiger partial charge in [0, 0.05) is 26.2 Å². The Kier molecular flexibility index (Phi) is 7.50. The zero-order chi connectivity index (χ0) is 27.7. The first-order valence-electron chi connectivity index (χ1n) is 13.2. The van der Waals surface area contributed by atoms with Crippen LogP contribution in [0, 0.1) is 25.7 Å². The standard InChI is InChI=1S/C28H34N8O3/c1-5-6-12-34-25-24(32-28(34)33-11-7-8-21(29)17-33)26(37)35(13-14-39-4)36(27(25)38)16-20-9-10-22-23(15-20)31-19(3)18(2)30-22/h9-10,15,21H,7-8,11-14,16-17,29H2,1-4H3. The lowest BCUT2D eigenvalue weighted by atomic mass is 10.1. The highest BCUT2D eigenvalue weighted by atomic mass is 16.5. The zero-order valence-corrected chi connectivity index (χ0v) is 22.9. The second-order valence-corrected chi connectivity index (χ2v) is 9.97. The molecular formula is C28H34N8O3. The Labute approximate surface area is 226 Å². The van der Waals surface area contributed by atoms with Crippen LogP contribution in [0.1, 0.15) is 36.7 Å². The van der Waals surface area contributed by atoms with E-state index in [2.05, 4.69) is 26.7 Å². The molecule has 0 amide bonds. The summed E-state index contributed by atoms with van der Waals surface area (Å²) in [5, 5.41) is 0. The maximum atomic E-state index is 14.2. The Morgan fingerprint density at radius 2 is 1.85 bits per heavy atom. The molecule has 0 spiro atoms. The van der Waals surface area contributed by atoms with Gasteiger partial charge in [0.2, 0.25) is 5.95 Å². The minimum atomic E-state index is -0.348. The maximum Gasteiger partial charge on any atom is 0.293 e. The van der Waals surface area contributed by atoms with Gasteiger partial charge in [0.1, 0.15) is 5.52 Å².